The lowest BCUT2D eigenvalue weighted by Crippen LogP contribution is -2.22. The maximum absolute atomic E-state index is 10.9. The van der Waals surface area contributed by atoms with E-state index in [-0.39, 0.29) is 6.10 Å². The van der Waals surface area contributed by atoms with Gasteiger partial charge >= 0.3 is 6.09 Å². The molecule has 18 heavy (non-hydrogen) atoms. The van der Waals surface area contributed by atoms with Crippen molar-refractivity contribution in [2.24, 2.45) is 0 Å². The van der Waals surface area contributed by atoms with Crippen LogP contribution in [0, 0.1) is 0 Å². The molecule has 1 fully saturated rings. The number of halogens is 1. The molecule has 0 saturated carbocycles. The van der Waals surface area contributed by atoms with E-state index in [1.165, 1.54) is 0 Å². The lowest BCUT2D eigenvalue weighted by Gasteiger charge is -2.15. The third-order valence-electron chi connectivity index (χ3n) is 2.58. The largest absolute Gasteiger partial charge is 0.488 e. The molecule has 1 amide bonds. The summed E-state index contributed by atoms with van der Waals surface area (Å²) in [5, 5.41) is 6.18. The van der Waals surface area contributed by atoms with Gasteiger partial charge in [-0.15, -0.1) is 0 Å². The van der Waals surface area contributed by atoms with Crippen molar-refractivity contribution in [2.75, 3.05) is 20.2 Å². The fourth-order valence-corrected chi connectivity index (χ4v) is 1.99. The Bertz CT molecular complexity index is 439. The number of carbonyl (C=O) groups excluding carboxylic acids is 1. The molecule has 0 bridgehead atoms. The van der Waals surface area contributed by atoms with Crippen molar-refractivity contribution in [1.82, 2.24) is 10.6 Å². The van der Waals surface area contributed by atoms with Gasteiger partial charge in [0.15, 0.2) is 6.10 Å². The molecule has 1 atom stereocenters. The number of cyclic esters (lactones) is 1. The second kappa shape index (κ2) is 5.93. The SMILES string of the molecule is CNCc1cccc(Cl)c1OCC1CNC(=O)O1. The summed E-state index contributed by atoms with van der Waals surface area (Å²) >= 11 is 6.10. The molecule has 1 saturated heterocycles. The van der Waals surface area contributed by atoms with Gasteiger partial charge in [0, 0.05) is 12.1 Å². The third-order valence-corrected chi connectivity index (χ3v) is 2.87. The Kier molecular flexibility index (Phi) is 4.28. The highest BCUT2D eigenvalue weighted by atomic mass is 35.5. The van der Waals surface area contributed by atoms with Crippen molar-refractivity contribution in [3.63, 3.8) is 0 Å². The molecular weight excluding hydrogens is 256 g/mol. The van der Waals surface area contributed by atoms with Gasteiger partial charge in [-0.1, -0.05) is 23.7 Å². The molecule has 0 aromatic heterocycles. The van der Waals surface area contributed by atoms with E-state index < -0.39 is 6.09 Å². The van der Waals surface area contributed by atoms with Gasteiger partial charge in [0.05, 0.1) is 11.6 Å². The van der Waals surface area contributed by atoms with E-state index in [4.69, 9.17) is 21.1 Å². The molecule has 1 unspecified atom stereocenters. The molecule has 0 radical (unpaired) electrons. The zero-order chi connectivity index (χ0) is 13.0. The molecule has 1 aromatic rings. The minimum atomic E-state index is -0.404. The number of hydrogen-bond donors (Lipinski definition) is 2. The van der Waals surface area contributed by atoms with Gasteiger partial charge in [-0.2, -0.15) is 0 Å². The van der Waals surface area contributed by atoms with E-state index in [0.717, 1.165) is 5.56 Å². The zero-order valence-electron chi connectivity index (χ0n) is 10.0. The van der Waals surface area contributed by atoms with Gasteiger partial charge in [-0.3, -0.25) is 0 Å². The minimum Gasteiger partial charge on any atom is -0.488 e. The van der Waals surface area contributed by atoms with Gasteiger partial charge in [-0.05, 0) is 13.1 Å². The summed E-state index contributed by atoms with van der Waals surface area (Å²) in [5.74, 6) is 0.636. The Hall–Kier alpha value is -1.46. The number of rotatable bonds is 5. The van der Waals surface area contributed by atoms with Crippen molar-refractivity contribution in [3.05, 3.63) is 28.8 Å². The highest BCUT2D eigenvalue weighted by molar-refractivity contribution is 6.32. The Labute approximate surface area is 110 Å². The molecule has 0 aliphatic carbocycles. The first-order valence-electron chi connectivity index (χ1n) is 5.70. The summed E-state index contributed by atoms with van der Waals surface area (Å²) in [5.41, 5.74) is 0.974. The smallest absolute Gasteiger partial charge is 0.407 e. The summed E-state index contributed by atoms with van der Waals surface area (Å²) in [6.45, 7) is 1.42. The third kappa shape index (κ3) is 3.05. The van der Waals surface area contributed by atoms with E-state index in [9.17, 15) is 4.79 Å². The van der Waals surface area contributed by atoms with E-state index in [0.29, 0.717) is 30.5 Å². The summed E-state index contributed by atoms with van der Waals surface area (Å²) in [6, 6.07) is 5.59. The number of hydrogen-bond acceptors (Lipinski definition) is 4. The number of carbonyl (C=O) groups is 1. The van der Waals surface area contributed by atoms with Gasteiger partial charge in [0.2, 0.25) is 0 Å². The number of amides is 1. The van der Waals surface area contributed by atoms with Crippen LogP contribution in [0.15, 0.2) is 18.2 Å². The van der Waals surface area contributed by atoms with E-state index in [1.807, 2.05) is 19.2 Å². The first-order chi connectivity index (χ1) is 8.70. The summed E-state index contributed by atoms with van der Waals surface area (Å²) in [4.78, 5) is 10.9. The number of ether oxygens (including phenoxy) is 2. The van der Waals surface area contributed by atoms with E-state index >= 15 is 0 Å². The maximum Gasteiger partial charge on any atom is 0.407 e. The lowest BCUT2D eigenvalue weighted by molar-refractivity contribution is 0.104. The molecule has 6 heteroatoms. The van der Waals surface area contributed by atoms with Crippen LogP contribution in [0.4, 0.5) is 4.79 Å². The van der Waals surface area contributed by atoms with Gasteiger partial charge in [0.1, 0.15) is 12.4 Å². The molecule has 0 spiro atoms. The van der Waals surface area contributed by atoms with Crippen molar-refractivity contribution >= 4 is 17.7 Å². The van der Waals surface area contributed by atoms with Crippen molar-refractivity contribution in [1.29, 1.82) is 0 Å². The van der Waals surface area contributed by atoms with Crippen LogP contribution in [0.3, 0.4) is 0 Å². The molecule has 1 heterocycles. The Morgan fingerprint density at radius 3 is 3.11 bits per heavy atom. The molecule has 2 N–H and O–H groups in total. The Morgan fingerprint density at radius 2 is 2.44 bits per heavy atom. The predicted molar refractivity (Wildman–Crippen MR) is 68.0 cm³/mol. The molecule has 1 aliphatic rings. The summed E-state index contributed by atoms with van der Waals surface area (Å²) < 4.78 is 10.7. The van der Waals surface area contributed by atoms with Crippen molar-refractivity contribution in [3.8, 4) is 5.75 Å². The molecule has 5 nitrogen and oxygen atoms in total. The zero-order valence-corrected chi connectivity index (χ0v) is 10.8. The average molecular weight is 271 g/mol. The lowest BCUT2D eigenvalue weighted by atomic mass is 10.2. The number of alkyl carbamates (subject to hydrolysis) is 1. The van der Waals surface area contributed by atoms with E-state index in [1.54, 1.807) is 6.07 Å². The quantitative estimate of drug-likeness (QED) is 0.852. The van der Waals surface area contributed by atoms with Gasteiger partial charge < -0.3 is 20.1 Å². The van der Waals surface area contributed by atoms with Crippen LogP contribution in [0.1, 0.15) is 5.56 Å². The molecule has 1 aromatic carbocycles. The van der Waals surface area contributed by atoms with Crippen LogP contribution in [0.2, 0.25) is 5.02 Å². The number of nitrogens with one attached hydrogen (secondary N) is 2. The number of para-hydroxylation sites is 1. The fraction of sp³-hybridized carbons (Fsp3) is 0.417. The average Bonchev–Trinajstić information content (AvgIpc) is 2.75. The van der Waals surface area contributed by atoms with Gasteiger partial charge in [-0.25, -0.2) is 4.79 Å². The van der Waals surface area contributed by atoms with Crippen LogP contribution < -0.4 is 15.4 Å². The summed E-state index contributed by atoms with van der Waals surface area (Å²) in [6.07, 6.45) is -0.672. The predicted octanol–water partition coefficient (Wildman–Crippen LogP) is 1.55. The standard InChI is InChI=1S/C12H15ClN2O3/c1-14-5-8-3-2-4-10(13)11(8)17-7-9-6-15-12(16)18-9/h2-4,9,14H,5-7H2,1H3,(H,15,16). The van der Waals surface area contributed by atoms with Crippen LogP contribution in [-0.2, 0) is 11.3 Å². The van der Waals surface area contributed by atoms with Crippen LogP contribution >= 0.6 is 11.6 Å². The minimum absolute atomic E-state index is 0.267. The van der Waals surface area contributed by atoms with Crippen molar-refractivity contribution < 1.29 is 14.3 Å². The van der Waals surface area contributed by atoms with Crippen LogP contribution in [-0.4, -0.2) is 32.4 Å². The van der Waals surface area contributed by atoms with Crippen molar-refractivity contribution in [2.45, 2.75) is 12.6 Å². The van der Waals surface area contributed by atoms with Gasteiger partial charge in [0.25, 0.3) is 0 Å². The molecule has 98 valence electrons. The highest BCUT2D eigenvalue weighted by Crippen LogP contribution is 2.28. The van der Waals surface area contributed by atoms with E-state index in [2.05, 4.69) is 10.6 Å². The fourth-order valence-electron chi connectivity index (χ4n) is 1.75. The number of benzene rings is 1. The molecular formula is C12H15ClN2O3. The monoisotopic (exact) mass is 270 g/mol. The topological polar surface area (TPSA) is 59.6 Å². The first-order valence-corrected chi connectivity index (χ1v) is 6.07. The first kappa shape index (κ1) is 13.0. The second-order valence-electron chi connectivity index (χ2n) is 3.98. The highest BCUT2D eigenvalue weighted by Gasteiger charge is 2.23. The van der Waals surface area contributed by atoms with Crippen LogP contribution in [0.25, 0.3) is 0 Å². The van der Waals surface area contributed by atoms with Crippen LogP contribution in [0.5, 0.6) is 5.75 Å². The molecule has 1 aliphatic heterocycles. The second-order valence-corrected chi connectivity index (χ2v) is 4.38. The molecule has 2 rings (SSSR count). The Morgan fingerprint density at radius 1 is 1.61 bits per heavy atom. The maximum atomic E-state index is 10.9. The normalized spacial score (nSPS) is 18.3. The summed E-state index contributed by atoms with van der Waals surface area (Å²) in [7, 11) is 1.85. The Balaban J connectivity index is 2.01.